The van der Waals surface area contributed by atoms with Gasteiger partial charge in [-0.3, -0.25) is 0 Å². The zero-order chi connectivity index (χ0) is 22.8. The monoisotopic (exact) mass is 470 g/mol. The van der Waals surface area contributed by atoms with E-state index in [0.717, 1.165) is 5.56 Å². The van der Waals surface area contributed by atoms with Crippen LogP contribution in [-0.4, -0.2) is 31.9 Å². The Morgan fingerprint density at radius 2 is 1.44 bits per heavy atom. The molecule has 0 radical (unpaired) electrons. The maximum atomic E-state index is 13.4. The van der Waals surface area contributed by atoms with Gasteiger partial charge in [-0.05, 0) is 0 Å². The summed E-state index contributed by atoms with van der Waals surface area (Å²) < 4.78 is 21.5. The summed E-state index contributed by atoms with van der Waals surface area (Å²) in [6.45, 7) is -4.28. The van der Waals surface area contributed by atoms with Gasteiger partial charge in [-0.1, -0.05) is 0 Å². The minimum atomic E-state index is -4.28. The van der Waals surface area contributed by atoms with Crippen molar-refractivity contribution in [1.82, 2.24) is 0 Å². The van der Waals surface area contributed by atoms with E-state index in [1.807, 2.05) is 60.7 Å². The van der Waals surface area contributed by atoms with Gasteiger partial charge in [0.15, 0.2) is 0 Å². The van der Waals surface area contributed by atoms with E-state index in [1.165, 1.54) is 14.2 Å². The molecule has 0 bridgehead atoms. The first-order valence-corrected chi connectivity index (χ1v) is 12.5. The molecule has 0 saturated carbocycles. The molecular formula is C24H22ClNO5P-. The predicted molar refractivity (Wildman–Crippen MR) is 125 cm³/mol. The quantitative estimate of drug-likeness (QED) is 0.247. The number of rotatable bonds is 5. The average Bonchev–Trinajstić information content (AvgIpc) is 2.83. The van der Waals surface area contributed by atoms with Gasteiger partial charge in [0.1, 0.15) is 0 Å². The molecule has 0 aromatic heterocycles. The van der Waals surface area contributed by atoms with Crippen molar-refractivity contribution >= 4 is 41.2 Å². The Kier molecular flexibility index (Phi) is 5.95. The molecule has 1 heterocycles. The van der Waals surface area contributed by atoms with Gasteiger partial charge in [0.2, 0.25) is 0 Å². The van der Waals surface area contributed by atoms with E-state index in [-0.39, 0.29) is 0 Å². The summed E-state index contributed by atoms with van der Waals surface area (Å²) in [6, 6.07) is 25.3. The summed E-state index contributed by atoms with van der Waals surface area (Å²) in [5, 5.41) is 14.5. The Bertz CT molecular complexity index is 1100. The first-order chi connectivity index (χ1) is 15.5. The van der Waals surface area contributed by atoms with Gasteiger partial charge in [0.25, 0.3) is 0 Å². The predicted octanol–water partition coefficient (Wildman–Crippen LogP) is 3.35. The van der Waals surface area contributed by atoms with E-state index in [4.69, 9.17) is 25.6 Å². The number of methoxy groups -OCH3 is 2. The zero-order valence-electron chi connectivity index (χ0n) is 17.6. The van der Waals surface area contributed by atoms with Crippen LogP contribution in [0.4, 0.5) is 0 Å². The van der Waals surface area contributed by atoms with Crippen molar-refractivity contribution in [2.24, 2.45) is 4.76 Å². The van der Waals surface area contributed by atoms with Crippen molar-refractivity contribution in [3.8, 4) is 0 Å². The number of halogens is 1. The van der Waals surface area contributed by atoms with E-state index in [2.05, 4.69) is 4.76 Å². The molecule has 1 fully saturated rings. The van der Waals surface area contributed by atoms with Crippen LogP contribution in [0.3, 0.4) is 0 Å². The summed E-state index contributed by atoms with van der Waals surface area (Å²) in [5.41, 5.74) is -0.159. The molecule has 32 heavy (non-hydrogen) atoms. The van der Waals surface area contributed by atoms with Crippen molar-refractivity contribution in [2.75, 3.05) is 14.2 Å². The summed E-state index contributed by atoms with van der Waals surface area (Å²) in [5.74, 6) is -0.519. The van der Waals surface area contributed by atoms with Crippen molar-refractivity contribution in [3.05, 3.63) is 95.5 Å². The molecule has 0 aliphatic carbocycles. The molecule has 4 rings (SSSR count). The van der Waals surface area contributed by atoms with E-state index in [9.17, 15) is 9.90 Å². The average molecular weight is 471 g/mol. The molecule has 3 aromatic rings. The number of esters is 1. The molecule has 1 saturated heterocycles. The Balaban J connectivity index is 2.07. The van der Waals surface area contributed by atoms with E-state index in [0.29, 0.717) is 15.6 Å². The van der Waals surface area contributed by atoms with Gasteiger partial charge in [-0.15, -0.1) is 0 Å². The summed E-state index contributed by atoms with van der Waals surface area (Å²) in [4.78, 5) is 13.4. The standard InChI is InChI=1S/C24H23ClNO5P/c1-29-23(27)22-21(17-13-15-18(25)16-14-17)31-32(22,26-24(28)30-2,19-9-5-3-6-10-19)20-11-7-4-8-12-20/h3-16,21-22H,1-2H3,(H,26,28)/p-1. The first kappa shape index (κ1) is 22.3. The fourth-order valence-corrected chi connectivity index (χ4v) is 9.80. The van der Waals surface area contributed by atoms with E-state index in [1.54, 1.807) is 24.3 Å². The fraction of sp³-hybridized carbons (Fsp3) is 0.167. The molecule has 8 heteroatoms. The molecule has 1 aliphatic rings. The van der Waals surface area contributed by atoms with Crippen molar-refractivity contribution < 1.29 is 23.9 Å². The topological polar surface area (TPSA) is 80.2 Å². The van der Waals surface area contributed by atoms with E-state index < -0.39 is 30.8 Å². The number of benzene rings is 3. The Morgan fingerprint density at radius 1 is 0.906 bits per heavy atom. The van der Waals surface area contributed by atoms with Crippen LogP contribution in [0.1, 0.15) is 11.7 Å². The molecule has 2 atom stereocenters. The number of nitrogens with zero attached hydrogens (tertiary/aromatic N) is 1. The Hall–Kier alpha value is -2.92. The summed E-state index contributed by atoms with van der Waals surface area (Å²) >= 11 is 6.06. The van der Waals surface area contributed by atoms with Crippen LogP contribution < -0.4 is 15.7 Å². The van der Waals surface area contributed by atoms with Crippen LogP contribution in [0.5, 0.6) is 0 Å². The molecule has 6 nitrogen and oxygen atoms in total. The van der Waals surface area contributed by atoms with Gasteiger partial charge < -0.3 is 0 Å². The van der Waals surface area contributed by atoms with Crippen LogP contribution in [0, 0.1) is 0 Å². The van der Waals surface area contributed by atoms with Gasteiger partial charge in [-0.2, -0.15) is 0 Å². The summed E-state index contributed by atoms with van der Waals surface area (Å²) in [7, 11) is 2.57. The van der Waals surface area contributed by atoms with Crippen molar-refractivity contribution in [3.63, 3.8) is 0 Å². The van der Waals surface area contributed by atoms with Crippen LogP contribution in [0.15, 0.2) is 89.7 Å². The third-order valence-corrected chi connectivity index (χ3v) is 11.3. The molecule has 0 N–H and O–H groups in total. The molecular weight excluding hydrogens is 449 g/mol. The van der Waals surface area contributed by atoms with Crippen molar-refractivity contribution in [2.45, 2.75) is 11.8 Å². The molecule has 0 spiro atoms. The van der Waals surface area contributed by atoms with Crippen LogP contribution >= 0.6 is 18.6 Å². The van der Waals surface area contributed by atoms with Crippen molar-refractivity contribution in [1.29, 1.82) is 0 Å². The summed E-state index contributed by atoms with van der Waals surface area (Å²) in [6.07, 6.45) is -1.51. The second-order valence-electron chi connectivity index (χ2n) is 7.34. The maximum absolute atomic E-state index is 13.4. The number of carbonyl (C=O) groups excluding carboxylic acids is 1. The van der Waals surface area contributed by atoms with Gasteiger partial charge in [-0.25, -0.2) is 0 Å². The number of carbonyl (C=O) groups is 1. The third-order valence-electron chi connectivity index (χ3n) is 5.74. The first-order valence-electron chi connectivity index (χ1n) is 9.92. The SMILES string of the molecule is COC(=O)C1C(c2ccc(Cl)cc2)OP1(N=C([O-])OC)(c1ccccc1)c1ccccc1. The van der Waals surface area contributed by atoms with Crippen LogP contribution in [0.25, 0.3) is 0 Å². The second-order valence-corrected chi connectivity index (χ2v) is 11.9. The van der Waals surface area contributed by atoms with Crippen LogP contribution in [0.2, 0.25) is 5.02 Å². The van der Waals surface area contributed by atoms with E-state index >= 15 is 0 Å². The third kappa shape index (κ3) is 3.27. The minimum absolute atomic E-state index is 0.519. The molecule has 3 aromatic carbocycles. The van der Waals surface area contributed by atoms with Crippen LogP contribution in [-0.2, 0) is 18.8 Å². The molecule has 1 aliphatic heterocycles. The van der Waals surface area contributed by atoms with Gasteiger partial charge >= 0.3 is 191 Å². The molecule has 2 unspecified atom stereocenters. The normalized spacial score (nSPS) is 22.6. The van der Waals surface area contributed by atoms with Gasteiger partial charge in [0.05, 0.1) is 0 Å². The Morgan fingerprint density at radius 3 is 1.91 bits per heavy atom. The fourth-order valence-electron chi connectivity index (χ4n) is 4.31. The number of hydrogen-bond acceptors (Lipinski definition) is 6. The number of hydrogen-bond donors (Lipinski definition) is 0. The van der Waals surface area contributed by atoms with Gasteiger partial charge in [0, 0.05) is 0 Å². The molecule has 0 amide bonds. The second kappa shape index (κ2) is 8.55. The number of ether oxygens (including phenoxy) is 2. The Labute approximate surface area is 191 Å². The molecule has 166 valence electrons. The zero-order valence-corrected chi connectivity index (χ0v) is 19.2.